The minimum Gasteiger partial charge on any atom is -0.481 e. The van der Waals surface area contributed by atoms with E-state index in [0.717, 1.165) is 0 Å². The number of nitrogens with one attached hydrogen (secondary N) is 3. The standard InChI is InChI=1S/C47H78N6O11/c1-14-30(8)41(52(11)46(60)39(27(2)3)50-45(59)40(28(4)5)51(10)29(6)7)36(63-12)26-37(54)53-24-18-21-35(53)42(64-13)31(9)43(57)49-34(25-32-19-16-15-17-20-32)44(58)48-33(47(61)62)22-23-38(55)56/h15-17,19-20,27-31,33-36,39-42H,14,18,21-26H2,1-13H3,(H,48,58)(H,49,57)(H,50,59)(H,55,56)(H,61,62)/t30-,31+,33?,34-,35-,36+,39-,40-,41-,42+/m0/s1. The van der Waals surface area contributed by atoms with Crippen molar-refractivity contribution in [1.82, 2.24) is 30.7 Å². The Morgan fingerprint density at radius 1 is 0.812 bits per heavy atom. The Kier molecular flexibility index (Phi) is 22.9. The Labute approximate surface area is 380 Å². The van der Waals surface area contributed by atoms with Crippen LogP contribution in [0, 0.1) is 23.7 Å². The van der Waals surface area contributed by atoms with E-state index in [4.69, 9.17) is 14.6 Å². The lowest BCUT2D eigenvalue weighted by molar-refractivity contribution is -0.148. The van der Waals surface area contributed by atoms with Crippen molar-refractivity contribution in [1.29, 1.82) is 0 Å². The number of carbonyl (C=O) groups excluding carboxylic acids is 5. The molecule has 1 aromatic rings. The fraction of sp³-hybridized carbons (Fsp3) is 0.723. The first kappa shape index (κ1) is 55.5. The van der Waals surface area contributed by atoms with Crippen LogP contribution in [-0.2, 0) is 49.5 Å². The van der Waals surface area contributed by atoms with Crippen LogP contribution in [0.1, 0.15) is 106 Å². The molecule has 5 amide bonds. The molecule has 1 saturated heterocycles. The first-order chi connectivity index (χ1) is 30.0. The number of methoxy groups -OCH3 is 2. The number of aliphatic carboxylic acids is 2. The largest absolute Gasteiger partial charge is 0.481 e. The van der Waals surface area contributed by atoms with Gasteiger partial charge in [-0.3, -0.25) is 33.7 Å². The SMILES string of the molecule is CC[C@H](C)[C@@H]([C@@H](CC(=O)N1CCC[C@H]1[C@H](OC)[C@@H](C)C(=O)N[C@@H](Cc1ccccc1)C(=O)NC(CCC(=O)O)C(=O)O)OC)N(C)C(=O)[C@@H](NC(=O)[C@H](C(C)C)N(C)C(C)C)C(C)C. The first-order valence-corrected chi connectivity index (χ1v) is 22.8. The van der Waals surface area contributed by atoms with E-state index in [1.807, 2.05) is 67.3 Å². The number of hydrogen-bond donors (Lipinski definition) is 5. The Morgan fingerprint density at radius 3 is 1.92 bits per heavy atom. The lowest BCUT2D eigenvalue weighted by Gasteiger charge is -2.41. The van der Waals surface area contributed by atoms with E-state index in [1.165, 1.54) is 14.2 Å². The molecule has 0 radical (unpaired) electrons. The Hall–Kier alpha value is -4.61. The molecule has 0 spiro atoms. The molecule has 0 aromatic heterocycles. The van der Waals surface area contributed by atoms with E-state index in [0.29, 0.717) is 31.4 Å². The van der Waals surface area contributed by atoms with Crippen LogP contribution in [0.25, 0.3) is 0 Å². The molecule has 1 fully saturated rings. The van der Waals surface area contributed by atoms with E-state index in [9.17, 15) is 38.7 Å². The number of likely N-dealkylation sites (tertiary alicyclic amines) is 1. The van der Waals surface area contributed by atoms with Crippen molar-refractivity contribution in [3.05, 3.63) is 35.9 Å². The summed E-state index contributed by atoms with van der Waals surface area (Å²) in [4.78, 5) is 98.7. The third-order valence-electron chi connectivity index (χ3n) is 12.8. The number of benzene rings is 1. The maximum Gasteiger partial charge on any atom is 0.326 e. The molecular weight excluding hydrogens is 825 g/mol. The minimum absolute atomic E-state index is 0.00556. The van der Waals surface area contributed by atoms with Gasteiger partial charge in [0.15, 0.2) is 0 Å². The van der Waals surface area contributed by atoms with Crippen molar-refractivity contribution >= 4 is 41.5 Å². The number of hydrogen-bond acceptors (Lipinski definition) is 10. The van der Waals surface area contributed by atoms with E-state index < -0.39 is 84.6 Å². The van der Waals surface area contributed by atoms with Crippen molar-refractivity contribution in [2.75, 3.05) is 34.9 Å². The van der Waals surface area contributed by atoms with Crippen molar-refractivity contribution in [2.24, 2.45) is 23.7 Å². The highest BCUT2D eigenvalue weighted by Gasteiger charge is 2.44. The van der Waals surface area contributed by atoms with Crippen molar-refractivity contribution < 1.29 is 53.2 Å². The van der Waals surface area contributed by atoms with Gasteiger partial charge in [0.25, 0.3) is 0 Å². The molecule has 1 aromatic carbocycles. The highest BCUT2D eigenvalue weighted by Crippen LogP contribution is 2.30. The summed E-state index contributed by atoms with van der Waals surface area (Å²) < 4.78 is 12.0. The molecule has 362 valence electrons. The smallest absolute Gasteiger partial charge is 0.326 e. The van der Waals surface area contributed by atoms with Gasteiger partial charge in [-0.05, 0) is 63.5 Å². The Bertz CT molecular complexity index is 1690. The van der Waals surface area contributed by atoms with Crippen molar-refractivity contribution in [2.45, 2.75) is 162 Å². The number of nitrogens with zero attached hydrogens (tertiary/aromatic N) is 3. The lowest BCUT2D eigenvalue weighted by Crippen LogP contribution is -2.60. The molecule has 64 heavy (non-hydrogen) atoms. The molecule has 1 unspecified atom stereocenters. The number of carboxylic acid groups (broad SMARTS) is 2. The van der Waals surface area contributed by atoms with Crippen LogP contribution in [0.4, 0.5) is 0 Å². The van der Waals surface area contributed by atoms with Gasteiger partial charge in [-0.15, -0.1) is 0 Å². The average molecular weight is 903 g/mol. The second kappa shape index (κ2) is 26.4. The molecule has 1 heterocycles. The molecule has 10 atom stereocenters. The fourth-order valence-electron chi connectivity index (χ4n) is 8.72. The minimum atomic E-state index is -1.49. The molecule has 0 bridgehead atoms. The molecule has 17 heteroatoms. The predicted molar refractivity (Wildman–Crippen MR) is 243 cm³/mol. The molecule has 0 saturated carbocycles. The summed E-state index contributed by atoms with van der Waals surface area (Å²) in [6, 6.07) is 3.90. The normalized spacial score (nSPS) is 18.4. The Morgan fingerprint density at radius 2 is 1.42 bits per heavy atom. The third kappa shape index (κ3) is 15.5. The van der Waals surface area contributed by atoms with Crippen molar-refractivity contribution in [3.63, 3.8) is 0 Å². The summed E-state index contributed by atoms with van der Waals surface area (Å²) in [6.07, 6.45) is -0.561. The molecule has 1 aliphatic heterocycles. The zero-order chi connectivity index (χ0) is 48.6. The second-order valence-corrected chi connectivity index (χ2v) is 18.4. The van der Waals surface area contributed by atoms with Gasteiger partial charge in [-0.1, -0.05) is 85.2 Å². The molecule has 0 aliphatic carbocycles. The summed E-state index contributed by atoms with van der Waals surface area (Å²) in [5.41, 5.74) is 0.693. The van der Waals surface area contributed by atoms with E-state index >= 15 is 0 Å². The van der Waals surface area contributed by atoms with Crippen LogP contribution in [-0.4, -0.2) is 156 Å². The van der Waals surface area contributed by atoms with E-state index in [-0.39, 0.29) is 60.8 Å². The molecule has 2 rings (SSSR count). The maximum absolute atomic E-state index is 14.4. The van der Waals surface area contributed by atoms with E-state index in [2.05, 4.69) is 16.0 Å². The number of ether oxygens (including phenoxy) is 2. The van der Waals surface area contributed by atoms with Gasteiger partial charge in [0.1, 0.15) is 18.1 Å². The lowest BCUT2D eigenvalue weighted by atomic mass is 9.89. The molecular formula is C47H78N6O11. The molecule has 1 aliphatic rings. The third-order valence-corrected chi connectivity index (χ3v) is 12.8. The number of likely N-dealkylation sites (N-methyl/N-ethyl adjacent to an activating group) is 2. The average Bonchev–Trinajstić information content (AvgIpc) is 3.73. The summed E-state index contributed by atoms with van der Waals surface area (Å²) in [6.45, 7) is 17.8. The number of rotatable bonds is 27. The second-order valence-electron chi connectivity index (χ2n) is 18.4. The zero-order valence-electron chi connectivity index (χ0n) is 40.5. The summed E-state index contributed by atoms with van der Waals surface area (Å²) in [5.74, 6) is -5.95. The number of carboxylic acids is 2. The van der Waals surface area contributed by atoms with Gasteiger partial charge in [-0.25, -0.2) is 4.79 Å². The number of carbonyl (C=O) groups is 7. The van der Waals surface area contributed by atoms with Crippen LogP contribution >= 0.6 is 0 Å². The van der Waals surface area contributed by atoms with Crippen molar-refractivity contribution in [3.8, 4) is 0 Å². The van der Waals surface area contributed by atoms with Crippen LogP contribution in [0.2, 0.25) is 0 Å². The van der Waals surface area contributed by atoms with Gasteiger partial charge in [0.2, 0.25) is 29.5 Å². The maximum atomic E-state index is 14.4. The van der Waals surface area contributed by atoms with Gasteiger partial charge < -0.3 is 45.4 Å². The topological polar surface area (TPSA) is 224 Å². The summed E-state index contributed by atoms with van der Waals surface area (Å²) in [7, 11) is 6.57. The van der Waals surface area contributed by atoms with Gasteiger partial charge >= 0.3 is 11.9 Å². The Balaban J connectivity index is 2.35. The highest BCUT2D eigenvalue weighted by molar-refractivity contribution is 5.92. The van der Waals surface area contributed by atoms with Gasteiger partial charge in [-0.2, -0.15) is 0 Å². The van der Waals surface area contributed by atoms with Crippen LogP contribution in [0.15, 0.2) is 30.3 Å². The summed E-state index contributed by atoms with van der Waals surface area (Å²) >= 11 is 0. The van der Waals surface area contributed by atoms with Gasteiger partial charge in [0.05, 0.1) is 42.7 Å². The van der Waals surface area contributed by atoms with Crippen LogP contribution in [0.3, 0.4) is 0 Å². The van der Waals surface area contributed by atoms with Crippen LogP contribution in [0.5, 0.6) is 0 Å². The highest BCUT2D eigenvalue weighted by atomic mass is 16.5. The summed E-state index contributed by atoms with van der Waals surface area (Å²) in [5, 5.41) is 27.1. The van der Waals surface area contributed by atoms with Gasteiger partial charge in [0, 0.05) is 46.7 Å². The fourth-order valence-corrected chi connectivity index (χ4v) is 8.72. The quantitative estimate of drug-likeness (QED) is 0.0855. The monoisotopic (exact) mass is 903 g/mol. The van der Waals surface area contributed by atoms with Crippen LogP contribution < -0.4 is 16.0 Å². The molecule has 5 N–H and O–H groups in total. The first-order valence-electron chi connectivity index (χ1n) is 22.8. The molecule has 17 nitrogen and oxygen atoms in total. The predicted octanol–water partition coefficient (Wildman–Crippen LogP) is 3.57. The van der Waals surface area contributed by atoms with E-state index in [1.54, 1.807) is 54.1 Å². The zero-order valence-corrected chi connectivity index (χ0v) is 40.5. The number of amides is 5.